The Labute approximate surface area is 124 Å². The van der Waals surface area contributed by atoms with E-state index in [4.69, 9.17) is 5.73 Å². The summed E-state index contributed by atoms with van der Waals surface area (Å²) in [4.78, 5) is 14.4. The van der Waals surface area contributed by atoms with Gasteiger partial charge in [0, 0.05) is 25.7 Å². The summed E-state index contributed by atoms with van der Waals surface area (Å²) >= 11 is 0. The molecule has 0 spiro atoms. The largest absolute Gasteiger partial charge is 0.508 e. The molecule has 1 aliphatic carbocycles. The fraction of sp³-hybridized carbons (Fsp3) is 0.562. The minimum absolute atomic E-state index is 0.192. The van der Waals surface area contributed by atoms with Crippen LogP contribution in [0.15, 0.2) is 24.3 Å². The first-order valence-corrected chi connectivity index (χ1v) is 7.64. The molecule has 4 bridgehead atoms. The van der Waals surface area contributed by atoms with Crippen molar-refractivity contribution in [3.63, 3.8) is 0 Å². The number of carbonyl (C=O) groups is 1. The molecule has 5 rings (SSSR count). The number of phenols is 1. The molecule has 4 unspecified atom stereocenters. The van der Waals surface area contributed by atoms with Crippen LogP contribution in [0.25, 0.3) is 0 Å². The quantitative estimate of drug-likeness (QED) is 0.753. The van der Waals surface area contributed by atoms with Gasteiger partial charge in [-0.1, -0.05) is 12.1 Å². The third kappa shape index (κ3) is 1.95. The van der Waals surface area contributed by atoms with Crippen molar-refractivity contribution in [3.05, 3.63) is 29.8 Å². The Morgan fingerprint density at radius 3 is 2.86 bits per heavy atom. The first-order valence-electron chi connectivity index (χ1n) is 7.64. The van der Waals surface area contributed by atoms with Gasteiger partial charge in [0.05, 0.1) is 5.54 Å². The lowest BCUT2D eigenvalue weighted by Gasteiger charge is -2.49. The van der Waals surface area contributed by atoms with Crippen LogP contribution >= 0.6 is 0 Å². The van der Waals surface area contributed by atoms with Crippen LogP contribution in [-0.4, -0.2) is 40.6 Å². The highest BCUT2D eigenvalue weighted by Crippen LogP contribution is 2.48. The molecular formula is C16H21N3O2. The fourth-order valence-electron chi connectivity index (χ4n) is 4.61. The van der Waals surface area contributed by atoms with Gasteiger partial charge in [-0.3, -0.25) is 9.69 Å². The number of hydrogen-bond donors (Lipinski definition) is 3. The SMILES string of the molecule is NC(=O)C12CC3CN(Cc4ccc(O)cc4)C(C1)C3CN2. The number of nitrogens with zero attached hydrogens (tertiary/aromatic N) is 1. The molecule has 3 saturated heterocycles. The summed E-state index contributed by atoms with van der Waals surface area (Å²) in [6.45, 7) is 2.84. The Hall–Kier alpha value is -1.59. The fourth-order valence-corrected chi connectivity index (χ4v) is 4.61. The maximum Gasteiger partial charge on any atom is 0.237 e. The zero-order chi connectivity index (χ0) is 14.6. The number of nitrogens with two attached hydrogens (primary N) is 1. The first kappa shape index (κ1) is 13.1. The third-order valence-corrected chi connectivity index (χ3v) is 5.68. The minimum atomic E-state index is -0.478. The van der Waals surface area contributed by atoms with E-state index in [1.165, 1.54) is 5.56 Å². The predicted molar refractivity (Wildman–Crippen MR) is 78.4 cm³/mol. The third-order valence-electron chi connectivity index (χ3n) is 5.68. The van der Waals surface area contributed by atoms with Crippen LogP contribution in [-0.2, 0) is 11.3 Å². The van der Waals surface area contributed by atoms with Crippen LogP contribution in [0, 0.1) is 11.8 Å². The van der Waals surface area contributed by atoms with E-state index in [2.05, 4.69) is 10.2 Å². The molecule has 4 fully saturated rings. The summed E-state index contributed by atoms with van der Waals surface area (Å²) in [5.74, 6) is 1.33. The number of benzene rings is 1. The summed E-state index contributed by atoms with van der Waals surface area (Å²) in [5, 5.41) is 12.8. The van der Waals surface area contributed by atoms with Crippen molar-refractivity contribution in [2.75, 3.05) is 13.1 Å². The van der Waals surface area contributed by atoms with Crippen LogP contribution in [0.5, 0.6) is 5.75 Å². The summed E-state index contributed by atoms with van der Waals surface area (Å²) in [6, 6.07) is 7.86. The van der Waals surface area contributed by atoms with Crippen LogP contribution in [0.2, 0.25) is 0 Å². The number of aromatic hydroxyl groups is 1. The van der Waals surface area contributed by atoms with Crippen molar-refractivity contribution in [3.8, 4) is 5.75 Å². The number of piperidine rings is 2. The number of amides is 1. The molecule has 1 aromatic rings. The van der Waals surface area contributed by atoms with Gasteiger partial charge in [-0.25, -0.2) is 0 Å². The van der Waals surface area contributed by atoms with Crippen molar-refractivity contribution in [1.82, 2.24) is 10.2 Å². The topological polar surface area (TPSA) is 78.6 Å². The van der Waals surface area contributed by atoms with Gasteiger partial charge in [0.15, 0.2) is 0 Å². The molecule has 1 saturated carbocycles. The molecule has 4 aliphatic rings. The minimum Gasteiger partial charge on any atom is -0.508 e. The number of fused-ring (bicyclic) bond motifs is 1. The molecule has 0 radical (unpaired) electrons. The van der Waals surface area contributed by atoms with Gasteiger partial charge < -0.3 is 16.2 Å². The average Bonchev–Trinajstić information content (AvgIpc) is 2.73. The van der Waals surface area contributed by atoms with E-state index in [-0.39, 0.29) is 5.91 Å². The van der Waals surface area contributed by atoms with Crippen molar-refractivity contribution in [2.45, 2.75) is 31.0 Å². The summed E-state index contributed by atoms with van der Waals surface area (Å²) in [5.41, 5.74) is 6.38. The normalized spacial score (nSPS) is 37.8. The predicted octanol–water partition coefficient (Wildman–Crippen LogP) is 0.430. The molecule has 3 heterocycles. The molecule has 4 N–H and O–H groups in total. The van der Waals surface area contributed by atoms with E-state index >= 15 is 0 Å². The molecule has 1 aromatic carbocycles. The van der Waals surface area contributed by atoms with Crippen molar-refractivity contribution < 1.29 is 9.90 Å². The number of nitrogens with one attached hydrogen (secondary N) is 1. The zero-order valence-corrected chi connectivity index (χ0v) is 12.0. The molecule has 5 heteroatoms. The summed E-state index contributed by atoms with van der Waals surface area (Å²) in [6.07, 6.45) is 1.72. The smallest absolute Gasteiger partial charge is 0.237 e. The van der Waals surface area contributed by atoms with E-state index in [1.54, 1.807) is 12.1 Å². The van der Waals surface area contributed by atoms with E-state index in [0.717, 1.165) is 32.5 Å². The molecule has 5 nitrogen and oxygen atoms in total. The van der Waals surface area contributed by atoms with Crippen LogP contribution in [0.1, 0.15) is 18.4 Å². The van der Waals surface area contributed by atoms with E-state index in [9.17, 15) is 9.90 Å². The molecule has 3 aliphatic heterocycles. The highest BCUT2D eigenvalue weighted by molar-refractivity contribution is 5.85. The second kappa shape index (κ2) is 4.45. The molecular weight excluding hydrogens is 266 g/mol. The Balaban J connectivity index is 1.55. The summed E-state index contributed by atoms with van der Waals surface area (Å²) < 4.78 is 0. The lowest BCUT2D eigenvalue weighted by atomic mass is 9.65. The Kier molecular flexibility index (Phi) is 2.78. The Bertz CT molecular complexity index is 573. The van der Waals surface area contributed by atoms with Gasteiger partial charge in [-0.05, 0) is 42.4 Å². The number of phenolic OH excluding ortho intramolecular Hbond substituents is 1. The second-order valence-electron chi connectivity index (χ2n) is 6.82. The highest BCUT2D eigenvalue weighted by Gasteiger charge is 2.58. The van der Waals surface area contributed by atoms with Gasteiger partial charge in [-0.2, -0.15) is 0 Å². The summed E-state index contributed by atoms with van der Waals surface area (Å²) in [7, 11) is 0. The van der Waals surface area contributed by atoms with Crippen molar-refractivity contribution in [1.29, 1.82) is 0 Å². The van der Waals surface area contributed by atoms with E-state index < -0.39 is 5.54 Å². The van der Waals surface area contributed by atoms with Crippen molar-refractivity contribution in [2.24, 2.45) is 17.6 Å². The lowest BCUT2D eigenvalue weighted by molar-refractivity contribution is -0.129. The average molecular weight is 287 g/mol. The molecule has 1 amide bonds. The van der Waals surface area contributed by atoms with Gasteiger partial charge in [0.25, 0.3) is 0 Å². The first-order chi connectivity index (χ1) is 10.1. The number of carbonyl (C=O) groups excluding carboxylic acids is 1. The van der Waals surface area contributed by atoms with Crippen molar-refractivity contribution >= 4 is 5.91 Å². The molecule has 0 aromatic heterocycles. The lowest BCUT2D eigenvalue weighted by Crippen LogP contribution is -2.68. The number of likely N-dealkylation sites (tertiary alicyclic amines) is 1. The second-order valence-corrected chi connectivity index (χ2v) is 6.82. The highest BCUT2D eigenvalue weighted by atomic mass is 16.3. The van der Waals surface area contributed by atoms with E-state index in [1.807, 2.05) is 12.1 Å². The molecule has 21 heavy (non-hydrogen) atoms. The van der Waals surface area contributed by atoms with Crippen LogP contribution in [0.4, 0.5) is 0 Å². The monoisotopic (exact) mass is 287 g/mol. The molecule has 112 valence electrons. The van der Waals surface area contributed by atoms with Crippen LogP contribution in [0.3, 0.4) is 0 Å². The number of rotatable bonds is 3. The standard InChI is InChI=1S/C16H21N3O2/c17-15(21)16-5-11-9-19(14(6-16)13(11)7-18-16)8-10-1-3-12(20)4-2-10/h1-4,11,13-14,18,20H,5-9H2,(H2,17,21). The van der Waals surface area contributed by atoms with Crippen LogP contribution < -0.4 is 11.1 Å². The van der Waals surface area contributed by atoms with E-state index in [0.29, 0.717) is 23.6 Å². The van der Waals surface area contributed by atoms with Gasteiger partial charge >= 0.3 is 0 Å². The van der Waals surface area contributed by atoms with Gasteiger partial charge in [0.2, 0.25) is 5.91 Å². The zero-order valence-electron chi connectivity index (χ0n) is 12.0. The van der Waals surface area contributed by atoms with Gasteiger partial charge in [0.1, 0.15) is 5.75 Å². The Morgan fingerprint density at radius 2 is 2.14 bits per heavy atom. The maximum absolute atomic E-state index is 11.9. The Morgan fingerprint density at radius 1 is 1.38 bits per heavy atom. The van der Waals surface area contributed by atoms with Gasteiger partial charge in [-0.15, -0.1) is 0 Å². The number of primary amides is 1. The maximum atomic E-state index is 11.9. The number of hydrogen-bond acceptors (Lipinski definition) is 4. The molecule has 4 atom stereocenters.